The maximum absolute atomic E-state index is 13.4. The molecule has 1 aliphatic heterocycles. The van der Waals surface area contributed by atoms with Gasteiger partial charge in [0.1, 0.15) is 0 Å². The molecule has 0 aromatic heterocycles. The third kappa shape index (κ3) is 3.68. The first-order valence-corrected chi connectivity index (χ1v) is 8.23. The van der Waals surface area contributed by atoms with Crippen LogP contribution in [0.25, 0.3) is 0 Å². The van der Waals surface area contributed by atoms with E-state index in [1.807, 2.05) is 0 Å². The Morgan fingerprint density at radius 3 is 2.46 bits per heavy atom. The van der Waals surface area contributed by atoms with Crippen molar-refractivity contribution >= 4 is 12.0 Å². The van der Waals surface area contributed by atoms with E-state index in [0.29, 0.717) is 0 Å². The second-order valence-corrected chi connectivity index (χ2v) is 6.15. The van der Waals surface area contributed by atoms with Gasteiger partial charge in [0.25, 0.3) is 0 Å². The summed E-state index contributed by atoms with van der Waals surface area (Å²) in [6.07, 6.45) is -4.62. The molecule has 1 aliphatic rings. The molecule has 0 unspecified atom stereocenters. The standard InChI is InChI=1S/C18H21F3N2O3/c1-5-26-16(24)14-11(4)23(10(2)3)17(25)22-15(14)12-8-6-7-9-13(12)18(19,20)21/h6-10,15H,5H2,1-4H3,(H,22,25)/t15-/m1/s1. The summed E-state index contributed by atoms with van der Waals surface area (Å²) in [7, 11) is 0. The molecule has 26 heavy (non-hydrogen) atoms. The van der Waals surface area contributed by atoms with Gasteiger partial charge < -0.3 is 10.1 Å². The highest BCUT2D eigenvalue weighted by Gasteiger charge is 2.42. The van der Waals surface area contributed by atoms with Gasteiger partial charge in [-0.3, -0.25) is 4.90 Å². The fraction of sp³-hybridized carbons (Fsp3) is 0.444. The molecule has 1 aromatic rings. The highest BCUT2D eigenvalue weighted by atomic mass is 19.4. The van der Waals surface area contributed by atoms with E-state index in [2.05, 4.69) is 5.32 Å². The predicted molar refractivity (Wildman–Crippen MR) is 89.0 cm³/mol. The molecule has 2 rings (SSSR count). The molecule has 1 atom stereocenters. The molecular weight excluding hydrogens is 349 g/mol. The van der Waals surface area contributed by atoms with Crippen LogP contribution in [0, 0.1) is 0 Å². The van der Waals surface area contributed by atoms with Crippen molar-refractivity contribution in [1.82, 2.24) is 10.2 Å². The molecule has 8 heteroatoms. The third-order valence-electron chi connectivity index (χ3n) is 4.12. The van der Waals surface area contributed by atoms with Crippen LogP contribution >= 0.6 is 0 Å². The monoisotopic (exact) mass is 370 g/mol. The molecule has 0 saturated heterocycles. The first-order valence-electron chi connectivity index (χ1n) is 8.23. The largest absolute Gasteiger partial charge is 0.463 e. The molecular formula is C18H21F3N2O3. The molecule has 2 amide bonds. The average Bonchev–Trinajstić information content (AvgIpc) is 2.53. The SMILES string of the molecule is CCOC(=O)C1=C(C)N(C(C)C)C(=O)N[C@@H]1c1ccccc1C(F)(F)F. The van der Waals surface area contributed by atoms with Crippen molar-refractivity contribution < 1.29 is 27.5 Å². The number of hydrogen-bond donors (Lipinski definition) is 1. The molecule has 142 valence electrons. The number of alkyl halides is 3. The minimum Gasteiger partial charge on any atom is -0.463 e. The molecule has 5 nitrogen and oxygen atoms in total. The van der Waals surface area contributed by atoms with E-state index < -0.39 is 29.8 Å². The van der Waals surface area contributed by atoms with E-state index in [0.717, 1.165) is 6.07 Å². The molecule has 1 heterocycles. The lowest BCUT2D eigenvalue weighted by Gasteiger charge is -2.38. The van der Waals surface area contributed by atoms with Crippen LogP contribution in [0.4, 0.5) is 18.0 Å². The van der Waals surface area contributed by atoms with Crippen molar-refractivity contribution in [3.05, 3.63) is 46.7 Å². The first-order chi connectivity index (χ1) is 12.1. The normalized spacial score (nSPS) is 18.2. The second-order valence-electron chi connectivity index (χ2n) is 6.15. The Bertz CT molecular complexity index is 741. The Balaban J connectivity index is 2.68. The van der Waals surface area contributed by atoms with E-state index in [9.17, 15) is 22.8 Å². The average molecular weight is 370 g/mol. The maximum Gasteiger partial charge on any atom is 0.416 e. The summed E-state index contributed by atoms with van der Waals surface area (Å²) in [5.41, 5.74) is -0.821. The minimum absolute atomic E-state index is 0.00292. The lowest BCUT2D eigenvalue weighted by atomic mass is 9.91. The number of ether oxygens (including phenoxy) is 1. The number of nitrogens with zero attached hydrogens (tertiary/aromatic N) is 1. The van der Waals surface area contributed by atoms with Crippen LogP contribution < -0.4 is 5.32 Å². The highest BCUT2D eigenvalue weighted by Crippen LogP contribution is 2.39. The third-order valence-corrected chi connectivity index (χ3v) is 4.12. The number of nitrogens with one attached hydrogen (secondary N) is 1. The number of benzene rings is 1. The van der Waals surface area contributed by atoms with Gasteiger partial charge in [-0.05, 0) is 39.3 Å². The fourth-order valence-electron chi connectivity index (χ4n) is 3.09. The topological polar surface area (TPSA) is 58.6 Å². The van der Waals surface area contributed by atoms with Crippen LogP contribution in [0.3, 0.4) is 0 Å². The summed E-state index contributed by atoms with van der Waals surface area (Å²) >= 11 is 0. The van der Waals surface area contributed by atoms with Crippen molar-refractivity contribution in [2.24, 2.45) is 0 Å². The number of halogens is 3. The zero-order chi connectivity index (χ0) is 19.6. The summed E-state index contributed by atoms with van der Waals surface area (Å²) in [4.78, 5) is 26.3. The van der Waals surface area contributed by atoms with Gasteiger partial charge in [-0.15, -0.1) is 0 Å². The lowest BCUT2D eigenvalue weighted by Crippen LogP contribution is -2.50. The Morgan fingerprint density at radius 1 is 1.31 bits per heavy atom. The summed E-state index contributed by atoms with van der Waals surface area (Å²) in [6.45, 7) is 6.70. The number of allylic oxidation sites excluding steroid dienone is 1. The maximum atomic E-state index is 13.4. The van der Waals surface area contributed by atoms with E-state index in [1.165, 1.54) is 30.0 Å². The summed E-state index contributed by atoms with van der Waals surface area (Å²) in [5, 5.41) is 2.52. The Kier molecular flexibility index (Phi) is 5.63. The molecule has 0 bridgehead atoms. The Labute approximate surface area is 149 Å². The molecule has 0 fully saturated rings. The smallest absolute Gasteiger partial charge is 0.416 e. The molecule has 0 aliphatic carbocycles. The van der Waals surface area contributed by atoms with Crippen LogP contribution in [0.2, 0.25) is 0 Å². The summed E-state index contributed by atoms with van der Waals surface area (Å²) in [5.74, 6) is -0.752. The molecule has 0 spiro atoms. The van der Waals surface area contributed by atoms with Crippen molar-refractivity contribution in [2.75, 3.05) is 6.61 Å². The first kappa shape index (κ1) is 19.8. The zero-order valence-electron chi connectivity index (χ0n) is 15.0. The van der Waals surface area contributed by atoms with E-state index in [4.69, 9.17) is 4.74 Å². The van der Waals surface area contributed by atoms with Gasteiger partial charge in [-0.2, -0.15) is 13.2 Å². The number of esters is 1. The van der Waals surface area contributed by atoms with Crippen LogP contribution in [0.1, 0.15) is 44.9 Å². The fourth-order valence-corrected chi connectivity index (χ4v) is 3.09. The van der Waals surface area contributed by atoms with Gasteiger partial charge in [0, 0.05) is 11.7 Å². The zero-order valence-corrected chi connectivity index (χ0v) is 15.0. The second kappa shape index (κ2) is 7.39. The van der Waals surface area contributed by atoms with Gasteiger partial charge in [-0.1, -0.05) is 18.2 Å². The van der Waals surface area contributed by atoms with Crippen molar-refractivity contribution in [3.63, 3.8) is 0 Å². The van der Waals surface area contributed by atoms with Gasteiger partial charge >= 0.3 is 18.2 Å². The lowest BCUT2D eigenvalue weighted by molar-refractivity contribution is -0.141. The molecule has 0 radical (unpaired) electrons. The van der Waals surface area contributed by atoms with Gasteiger partial charge in [0.2, 0.25) is 0 Å². The summed E-state index contributed by atoms with van der Waals surface area (Å²) < 4.78 is 45.3. The number of hydrogen-bond acceptors (Lipinski definition) is 3. The van der Waals surface area contributed by atoms with E-state index in [1.54, 1.807) is 20.8 Å². The molecule has 1 aromatic carbocycles. The number of carbonyl (C=O) groups excluding carboxylic acids is 2. The van der Waals surface area contributed by atoms with Gasteiger partial charge in [0.05, 0.1) is 23.8 Å². The number of rotatable bonds is 4. The highest BCUT2D eigenvalue weighted by molar-refractivity contribution is 5.95. The number of amides is 2. The van der Waals surface area contributed by atoms with Crippen LogP contribution in [-0.4, -0.2) is 29.5 Å². The predicted octanol–water partition coefficient (Wildman–Crippen LogP) is 4.02. The molecule has 1 N–H and O–H groups in total. The number of urea groups is 1. The van der Waals surface area contributed by atoms with Crippen LogP contribution in [0.15, 0.2) is 35.5 Å². The van der Waals surface area contributed by atoms with Gasteiger partial charge in [-0.25, -0.2) is 9.59 Å². The van der Waals surface area contributed by atoms with E-state index in [-0.39, 0.29) is 29.5 Å². The van der Waals surface area contributed by atoms with Crippen molar-refractivity contribution in [3.8, 4) is 0 Å². The quantitative estimate of drug-likeness (QED) is 0.815. The van der Waals surface area contributed by atoms with Gasteiger partial charge in [0.15, 0.2) is 0 Å². The van der Waals surface area contributed by atoms with E-state index >= 15 is 0 Å². The summed E-state index contributed by atoms with van der Waals surface area (Å²) in [6, 6.07) is 2.79. The van der Waals surface area contributed by atoms with Crippen LogP contribution in [-0.2, 0) is 15.7 Å². The molecule has 0 saturated carbocycles. The van der Waals surface area contributed by atoms with Crippen molar-refractivity contribution in [1.29, 1.82) is 0 Å². The number of carbonyl (C=O) groups is 2. The Hall–Kier alpha value is -2.51. The van der Waals surface area contributed by atoms with Crippen molar-refractivity contribution in [2.45, 2.75) is 46.0 Å². The van der Waals surface area contributed by atoms with Crippen LogP contribution in [0.5, 0.6) is 0 Å². The minimum atomic E-state index is -4.62. The Morgan fingerprint density at radius 2 is 1.92 bits per heavy atom.